The fourth-order valence-electron chi connectivity index (χ4n) is 1.83. The number of guanidine groups is 1. The van der Waals surface area contributed by atoms with Crippen molar-refractivity contribution in [1.29, 1.82) is 0 Å². The third-order valence-electron chi connectivity index (χ3n) is 2.89. The number of nitrogens with two attached hydrogens (primary N) is 1. The lowest BCUT2D eigenvalue weighted by Crippen LogP contribution is -2.22. The summed E-state index contributed by atoms with van der Waals surface area (Å²) in [5, 5.41) is 2.93. The van der Waals surface area contributed by atoms with Crippen LogP contribution >= 0.6 is 0 Å². The molecule has 0 saturated carbocycles. The minimum atomic E-state index is -2.55. The number of nitrogens with zero attached hydrogens (tertiary/aromatic N) is 2. The number of anilines is 1. The number of aromatic nitrogens is 1. The van der Waals surface area contributed by atoms with Gasteiger partial charge in [-0.2, -0.15) is 0 Å². The maximum atomic E-state index is 12.1. The number of benzene rings is 1. The number of ether oxygens (including phenoxy) is 2. The summed E-state index contributed by atoms with van der Waals surface area (Å²) < 4.78 is 34.2. The van der Waals surface area contributed by atoms with Gasteiger partial charge in [-0.1, -0.05) is 12.1 Å². The summed E-state index contributed by atoms with van der Waals surface area (Å²) in [6.07, 6.45) is -2.55. The highest BCUT2D eigenvalue weighted by Gasteiger charge is 2.05. The first-order valence-corrected chi connectivity index (χ1v) is 7.14. The van der Waals surface area contributed by atoms with Gasteiger partial charge < -0.3 is 20.5 Å². The maximum absolute atomic E-state index is 12.1. The van der Waals surface area contributed by atoms with E-state index >= 15 is 0 Å². The third kappa shape index (κ3) is 5.71. The van der Waals surface area contributed by atoms with Crippen LogP contribution in [0.15, 0.2) is 47.5 Å². The van der Waals surface area contributed by atoms with E-state index in [0.29, 0.717) is 11.4 Å². The summed E-state index contributed by atoms with van der Waals surface area (Å²) in [6, 6.07) is 12.1. The Labute approximate surface area is 138 Å². The number of hydrogen-bond donors (Lipinski definition) is 2. The summed E-state index contributed by atoms with van der Waals surface area (Å²) in [4.78, 5) is 8.24. The fraction of sp³-hybridized carbons (Fsp3) is 0.250. The van der Waals surface area contributed by atoms with Crippen molar-refractivity contribution < 1.29 is 18.3 Å². The highest BCUT2D eigenvalue weighted by Crippen LogP contribution is 2.16. The van der Waals surface area contributed by atoms with E-state index in [-0.39, 0.29) is 18.4 Å². The molecular weight excluding hydrogens is 318 g/mol. The SMILES string of the molecule is COc1cccc(NC(N)=NCc2cccc(OCC(F)F)n2)c1. The number of pyridine rings is 1. The molecule has 2 aromatic rings. The Morgan fingerprint density at radius 2 is 2.08 bits per heavy atom. The van der Waals surface area contributed by atoms with Gasteiger partial charge in [0.05, 0.1) is 19.3 Å². The molecule has 0 unspecified atom stereocenters. The van der Waals surface area contributed by atoms with Gasteiger partial charge in [-0.05, 0) is 18.2 Å². The van der Waals surface area contributed by atoms with Crippen molar-refractivity contribution in [2.24, 2.45) is 10.7 Å². The second-order valence-corrected chi connectivity index (χ2v) is 4.73. The molecule has 6 nitrogen and oxygen atoms in total. The molecule has 0 aliphatic rings. The van der Waals surface area contributed by atoms with Crippen molar-refractivity contribution in [3.05, 3.63) is 48.2 Å². The van der Waals surface area contributed by atoms with Gasteiger partial charge in [0, 0.05) is 17.8 Å². The number of methoxy groups -OCH3 is 1. The van der Waals surface area contributed by atoms with Crippen molar-refractivity contribution in [1.82, 2.24) is 4.98 Å². The van der Waals surface area contributed by atoms with Crippen molar-refractivity contribution in [2.75, 3.05) is 19.0 Å². The van der Waals surface area contributed by atoms with Gasteiger partial charge in [0.15, 0.2) is 12.6 Å². The number of nitrogens with one attached hydrogen (secondary N) is 1. The van der Waals surface area contributed by atoms with E-state index < -0.39 is 13.0 Å². The largest absolute Gasteiger partial charge is 0.497 e. The van der Waals surface area contributed by atoms with Crippen LogP contribution in [0.2, 0.25) is 0 Å². The fourth-order valence-corrected chi connectivity index (χ4v) is 1.83. The molecule has 0 fully saturated rings. The Morgan fingerprint density at radius 1 is 1.29 bits per heavy atom. The smallest absolute Gasteiger partial charge is 0.272 e. The standard InChI is InChI=1S/C16H18F2N4O2/c1-23-13-6-2-4-11(8-13)22-16(19)20-9-12-5-3-7-15(21-12)24-10-14(17)18/h2-8,14H,9-10H2,1H3,(H3,19,20,22). The lowest BCUT2D eigenvalue weighted by atomic mass is 10.3. The highest BCUT2D eigenvalue weighted by molar-refractivity contribution is 5.92. The first kappa shape index (κ1) is 17.5. The molecule has 8 heteroatoms. The van der Waals surface area contributed by atoms with E-state index in [0.717, 1.165) is 5.69 Å². The van der Waals surface area contributed by atoms with Crippen LogP contribution in [0.1, 0.15) is 5.69 Å². The van der Waals surface area contributed by atoms with Crippen LogP contribution in [0.4, 0.5) is 14.5 Å². The zero-order valence-electron chi connectivity index (χ0n) is 13.1. The van der Waals surface area contributed by atoms with Gasteiger partial charge in [0.25, 0.3) is 6.43 Å². The Bertz CT molecular complexity index is 695. The summed E-state index contributed by atoms with van der Waals surface area (Å²) in [7, 11) is 1.57. The molecule has 0 amide bonds. The van der Waals surface area contributed by atoms with Gasteiger partial charge in [-0.25, -0.2) is 18.8 Å². The molecule has 0 spiro atoms. The molecule has 1 aromatic carbocycles. The number of halogens is 2. The van der Waals surface area contributed by atoms with Crippen LogP contribution < -0.4 is 20.5 Å². The normalized spacial score (nSPS) is 11.4. The van der Waals surface area contributed by atoms with Crippen LogP contribution in [-0.2, 0) is 6.54 Å². The Balaban J connectivity index is 1.95. The second-order valence-electron chi connectivity index (χ2n) is 4.73. The molecule has 0 bridgehead atoms. The average molecular weight is 336 g/mol. The first-order valence-electron chi connectivity index (χ1n) is 7.14. The molecule has 0 aliphatic carbocycles. The molecule has 0 saturated heterocycles. The van der Waals surface area contributed by atoms with Crippen molar-refractivity contribution >= 4 is 11.6 Å². The van der Waals surface area contributed by atoms with E-state index in [9.17, 15) is 8.78 Å². The van der Waals surface area contributed by atoms with Crippen LogP contribution in [0.5, 0.6) is 11.6 Å². The van der Waals surface area contributed by atoms with Gasteiger partial charge >= 0.3 is 0 Å². The van der Waals surface area contributed by atoms with Gasteiger partial charge in [-0.15, -0.1) is 0 Å². The van der Waals surface area contributed by atoms with E-state index in [1.54, 1.807) is 25.3 Å². The number of alkyl halides is 2. The van der Waals surface area contributed by atoms with E-state index in [4.69, 9.17) is 15.2 Å². The molecule has 1 aromatic heterocycles. The van der Waals surface area contributed by atoms with E-state index in [1.807, 2.05) is 18.2 Å². The average Bonchev–Trinajstić information content (AvgIpc) is 2.59. The number of hydrogen-bond acceptors (Lipinski definition) is 4. The monoisotopic (exact) mass is 336 g/mol. The molecule has 0 aliphatic heterocycles. The molecule has 24 heavy (non-hydrogen) atoms. The zero-order valence-corrected chi connectivity index (χ0v) is 13.1. The van der Waals surface area contributed by atoms with Crippen LogP contribution in [0.25, 0.3) is 0 Å². The van der Waals surface area contributed by atoms with Crippen molar-refractivity contribution in [2.45, 2.75) is 13.0 Å². The topological polar surface area (TPSA) is 81.8 Å². The zero-order chi connectivity index (χ0) is 17.4. The third-order valence-corrected chi connectivity index (χ3v) is 2.89. The Kier molecular flexibility index (Phi) is 6.30. The molecule has 128 valence electrons. The van der Waals surface area contributed by atoms with Gasteiger partial charge in [0.1, 0.15) is 5.75 Å². The molecule has 1 heterocycles. The molecule has 0 radical (unpaired) electrons. The van der Waals surface area contributed by atoms with Gasteiger partial charge in [-0.3, -0.25) is 0 Å². The van der Waals surface area contributed by atoms with E-state index in [1.165, 1.54) is 6.07 Å². The van der Waals surface area contributed by atoms with Crippen LogP contribution in [-0.4, -0.2) is 31.1 Å². The molecule has 2 rings (SSSR count). The molecule has 3 N–H and O–H groups in total. The predicted molar refractivity (Wildman–Crippen MR) is 87.7 cm³/mol. The van der Waals surface area contributed by atoms with E-state index in [2.05, 4.69) is 15.3 Å². The lowest BCUT2D eigenvalue weighted by Gasteiger charge is -2.08. The number of aliphatic imine (C=N–C) groups is 1. The molecule has 0 atom stereocenters. The Hall–Kier alpha value is -2.90. The van der Waals surface area contributed by atoms with Crippen molar-refractivity contribution in [3.8, 4) is 11.6 Å². The minimum Gasteiger partial charge on any atom is -0.497 e. The summed E-state index contributed by atoms with van der Waals surface area (Å²) in [5.41, 5.74) is 7.11. The van der Waals surface area contributed by atoms with Crippen LogP contribution in [0, 0.1) is 0 Å². The highest BCUT2D eigenvalue weighted by atomic mass is 19.3. The van der Waals surface area contributed by atoms with Gasteiger partial charge in [0.2, 0.25) is 5.88 Å². The number of rotatable bonds is 7. The predicted octanol–water partition coefficient (Wildman–Crippen LogP) is 2.66. The maximum Gasteiger partial charge on any atom is 0.272 e. The minimum absolute atomic E-state index is 0.127. The summed E-state index contributed by atoms with van der Waals surface area (Å²) >= 11 is 0. The summed E-state index contributed by atoms with van der Waals surface area (Å²) in [6.45, 7) is -0.506. The van der Waals surface area contributed by atoms with Crippen LogP contribution in [0.3, 0.4) is 0 Å². The Morgan fingerprint density at radius 3 is 2.83 bits per heavy atom. The van der Waals surface area contributed by atoms with Crippen molar-refractivity contribution in [3.63, 3.8) is 0 Å². The quantitative estimate of drug-likeness (QED) is 0.600. The second kappa shape index (κ2) is 8.66. The molecular formula is C16H18F2N4O2. The lowest BCUT2D eigenvalue weighted by molar-refractivity contribution is 0.0795. The first-order chi connectivity index (χ1) is 11.6. The summed E-state index contributed by atoms with van der Waals surface area (Å²) in [5.74, 6) is 1.02.